The van der Waals surface area contributed by atoms with Crippen LogP contribution < -0.4 is 5.32 Å². The first-order chi connectivity index (χ1) is 8.87. The summed E-state index contributed by atoms with van der Waals surface area (Å²) in [6, 6.07) is 7.10. The molecule has 2 unspecified atom stereocenters. The molecule has 2 rings (SSSR count). The van der Waals surface area contributed by atoms with Gasteiger partial charge in [0, 0.05) is 17.0 Å². The summed E-state index contributed by atoms with van der Waals surface area (Å²) < 4.78 is 23.8. The Morgan fingerprint density at radius 3 is 2.84 bits per heavy atom. The van der Waals surface area contributed by atoms with E-state index < -0.39 is 20.6 Å². The van der Waals surface area contributed by atoms with Gasteiger partial charge in [0.05, 0.1) is 17.4 Å². The molecular formula is C13H18ClNO3S. The fraction of sp³-hybridized carbons (Fsp3) is 0.538. The van der Waals surface area contributed by atoms with E-state index in [1.165, 1.54) is 6.26 Å². The van der Waals surface area contributed by atoms with Crippen LogP contribution in [0.15, 0.2) is 24.3 Å². The number of nitrogens with one attached hydrogen (secondary N) is 1. The van der Waals surface area contributed by atoms with Crippen molar-refractivity contribution in [3.63, 3.8) is 0 Å². The minimum Gasteiger partial charge on any atom is -0.394 e. The maximum absolute atomic E-state index is 11.9. The Labute approximate surface area is 118 Å². The Bertz CT molecular complexity index is 561. The molecule has 0 amide bonds. The van der Waals surface area contributed by atoms with E-state index in [9.17, 15) is 13.5 Å². The van der Waals surface area contributed by atoms with Crippen LogP contribution in [-0.4, -0.2) is 37.2 Å². The maximum Gasteiger partial charge on any atom is 0.152 e. The van der Waals surface area contributed by atoms with Gasteiger partial charge in [0.1, 0.15) is 0 Å². The number of hydrogen-bond acceptors (Lipinski definition) is 4. The third-order valence-electron chi connectivity index (χ3n) is 3.72. The number of anilines is 1. The topological polar surface area (TPSA) is 66.4 Å². The fourth-order valence-corrected chi connectivity index (χ4v) is 4.74. The van der Waals surface area contributed by atoms with E-state index in [0.717, 1.165) is 12.1 Å². The summed E-state index contributed by atoms with van der Waals surface area (Å²) in [5.74, 6) is 0. The molecule has 4 nitrogen and oxygen atoms in total. The van der Waals surface area contributed by atoms with E-state index in [0.29, 0.717) is 17.9 Å². The zero-order valence-corrected chi connectivity index (χ0v) is 12.3. The van der Waals surface area contributed by atoms with Crippen molar-refractivity contribution in [1.82, 2.24) is 0 Å². The summed E-state index contributed by atoms with van der Waals surface area (Å²) >= 11 is 5.92. The van der Waals surface area contributed by atoms with Crippen molar-refractivity contribution >= 4 is 27.1 Å². The lowest BCUT2D eigenvalue weighted by Crippen LogP contribution is -2.51. The lowest BCUT2D eigenvalue weighted by molar-refractivity contribution is 0.215. The third-order valence-corrected chi connectivity index (χ3v) is 5.68. The summed E-state index contributed by atoms with van der Waals surface area (Å²) in [5.41, 5.74) is -0.0739. The van der Waals surface area contributed by atoms with Crippen molar-refractivity contribution in [2.75, 3.05) is 18.2 Å². The third kappa shape index (κ3) is 3.04. The SMILES string of the molecule is CS(=O)(=O)C1CCCC1(CO)Nc1cccc(Cl)c1. The van der Waals surface area contributed by atoms with Gasteiger partial charge in [-0.05, 0) is 37.5 Å². The van der Waals surface area contributed by atoms with Crippen LogP contribution >= 0.6 is 11.6 Å². The first-order valence-electron chi connectivity index (χ1n) is 6.21. The van der Waals surface area contributed by atoms with Gasteiger partial charge < -0.3 is 10.4 Å². The Balaban J connectivity index is 2.33. The molecular weight excluding hydrogens is 286 g/mol. The Morgan fingerprint density at radius 2 is 2.26 bits per heavy atom. The minimum absolute atomic E-state index is 0.211. The monoisotopic (exact) mass is 303 g/mol. The number of hydrogen-bond donors (Lipinski definition) is 2. The normalized spacial score (nSPS) is 27.4. The largest absolute Gasteiger partial charge is 0.394 e. The van der Waals surface area contributed by atoms with E-state index >= 15 is 0 Å². The predicted octanol–water partition coefficient (Wildman–Crippen LogP) is 2.08. The summed E-state index contributed by atoms with van der Waals surface area (Å²) in [6.45, 7) is -0.211. The van der Waals surface area contributed by atoms with Crippen molar-refractivity contribution in [2.45, 2.75) is 30.1 Å². The summed E-state index contributed by atoms with van der Waals surface area (Å²) in [4.78, 5) is 0. The zero-order valence-electron chi connectivity index (χ0n) is 10.8. The molecule has 2 atom stereocenters. The van der Waals surface area contributed by atoms with Gasteiger partial charge in [0.25, 0.3) is 0 Å². The van der Waals surface area contributed by atoms with Crippen molar-refractivity contribution < 1.29 is 13.5 Å². The lowest BCUT2D eigenvalue weighted by atomic mass is 9.98. The molecule has 1 aromatic carbocycles. The number of aliphatic hydroxyl groups excluding tert-OH is 1. The molecule has 106 valence electrons. The highest BCUT2D eigenvalue weighted by molar-refractivity contribution is 7.91. The van der Waals surface area contributed by atoms with Crippen molar-refractivity contribution in [2.24, 2.45) is 0 Å². The molecule has 0 spiro atoms. The molecule has 0 aromatic heterocycles. The van der Waals surface area contributed by atoms with E-state index in [1.807, 2.05) is 6.07 Å². The molecule has 6 heteroatoms. The van der Waals surface area contributed by atoms with Gasteiger partial charge in [-0.15, -0.1) is 0 Å². The van der Waals surface area contributed by atoms with Crippen LogP contribution in [0.1, 0.15) is 19.3 Å². The number of aliphatic hydroxyl groups is 1. The van der Waals surface area contributed by atoms with E-state index in [4.69, 9.17) is 11.6 Å². The molecule has 1 saturated carbocycles. The quantitative estimate of drug-likeness (QED) is 0.894. The van der Waals surface area contributed by atoms with Crippen LogP contribution in [0.25, 0.3) is 0 Å². The second kappa shape index (κ2) is 5.31. The van der Waals surface area contributed by atoms with Gasteiger partial charge in [-0.2, -0.15) is 0 Å². The van der Waals surface area contributed by atoms with E-state index in [2.05, 4.69) is 5.32 Å². The average molecular weight is 304 g/mol. The molecule has 0 radical (unpaired) electrons. The van der Waals surface area contributed by atoms with Gasteiger partial charge in [-0.1, -0.05) is 17.7 Å². The van der Waals surface area contributed by atoms with Crippen LogP contribution in [0.2, 0.25) is 5.02 Å². The first kappa shape index (κ1) is 14.6. The Morgan fingerprint density at radius 1 is 1.53 bits per heavy atom. The smallest absolute Gasteiger partial charge is 0.152 e. The lowest BCUT2D eigenvalue weighted by Gasteiger charge is -2.34. The number of rotatable bonds is 4. The van der Waals surface area contributed by atoms with Crippen molar-refractivity contribution in [3.8, 4) is 0 Å². The van der Waals surface area contributed by atoms with Crippen LogP contribution in [0.4, 0.5) is 5.69 Å². The molecule has 0 aliphatic heterocycles. The van der Waals surface area contributed by atoms with Crippen LogP contribution in [-0.2, 0) is 9.84 Å². The highest BCUT2D eigenvalue weighted by Gasteiger charge is 2.47. The molecule has 0 saturated heterocycles. The molecule has 1 aliphatic carbocycles. The van der Waals surface area contributed by atoms with E-state index in [-0.39, 0.29) is 6.61 Å². The van der Waals surface area contributed by atoms with Crippen LogP contribution in [0.5, 0.6) is 0 Å². The summed E-state index contributed by atoms with van der Waals surface area (Å²) in [7, 11) is -3.21. The van der Waals surface area contributed by atoms with Crippen LogP contribution in [0.3, 0.4) is 0 Å². The molecule has 1 aliphatic rings. The van der Waals surface area contributed by atoms with Crippen LogP contribution in [0, 0.1) is 0 Å². The summed E-state index contributed by atoms with van der Waals surface area (Å²) in [6.07, 6.45) is 3.22. The van der Waals surface area contributed by atoms with Gasteiger partial charge in [0.15, 0.2) is 9.84 Å². The molecule has 1 aromatic rings. The predicted molar refractivity (Wildman–Crippen MR) is 77.4 cm³/mol. The fourth-order valence-electron chi connectivity index (χ4n) is 2.88. The Hall–Kier alpha value is -0.780. The van der Waals surface area contributed by atoms with Gasteiger partial charge >= 0.3 is 0 Å². The van der Waals surface area contributed by atoms with Gasteiger partial charge in [0.2, 0.25) is 0 Å². The second-order valence-corrected chi connectivity index (χ2v) is 7.82. The summed E-state index contributed by atoms with van der Waals surface area (Å²) in [5, 5.41) is 12.9. The Kier molecular flexibility index (Phi) is 4.08. The van der Waals surface area contributed by atoms with E-state index in [1.54, 1.807) is 18.2 Å². The zero-order chi connectivity index (χ0) is 14.1. The standard InChI is InChI=1S/C13H18ClNO3S/c1-19(17,18)12-6-3-7-13(12,9-16)15-11-5-2-4-10(14)8-11/h2,4-5,8,12,15-16H,3,6-7,9H2,1H3. The molecule has 19 heavy (non-hydrogen) atoms. The van der Waals surface area contributed by atoms with Gasteiger partial charge in [-0.25, -0.2) is 8.42 Å². The highest BCUT2D eigenvalue weighted by Crippen LogP contribution is 2.37. The number of halogens is 1. The molecule has 1 fully saturated rings. The highest BCUT2D eigenvalue weighted by atomic mass is 35.5. The molecule has 2 N–H and O–H groups in total. The number of sulfone groups is 1. The maximum atomic E-state index is 11.9. The van der Waals surface area contributed by atoms with Gasteiger partial charge in [-0.3, -0.25) is 0 Å². The number of benzene rings is 1. The molecule has 0 heterocycles. The first-order valence-corrected chi connectivity index (χ1v) is 8.54. The second-order valence-electron chi connectivity index (χ2n) is 5.16. The minimum atomic E-state index is -3.21. The average Bonchev–Trinajstić information content (AvgIpc) is 2.73. The van der Waals surface area contributed by atoms with Crippen molar-refractivity contribution in [1.29, 1.82) is 0 Å². The van der Waals surface area contributed by atoms with Crippen molar-refractivity contribution in [3.05, 3.63) is 29.3 Å². The molecule has 0 bridgehead atoms.